The summed E-state index contributed by atoms with van der Waals surface area (Å²) < 4.78 is 73.1. The number of nitrogens with zero attached hydrogens (tertiary/aromatic N) is 5. The smallest absolute Gasteiger partial charge is 0.416 e. The number of rotatable bonds is 9. The van der Waals surface area contributed by atoms with Crippen molar-refractivity contribution in [2.45, 2.75) is 36.5 Å². The van der Waals surface area contributed by atoms with Crippen LogP contribution >= 0.6 is 22.6 Å². The molecule has 0 unspecified atom stereocenters. The van der Waals surface area contributed by atoms with Crippen molar-refractivity contribution in [2.24, 2.45) is 0 Å². The molecule has 10 nitrogen and oxygen atoms in total. The molecule has 5 rings (SSSR count). The lowest BCUT2D eigenvalue weighted by atomic mass is 10.0. The van der Waals surface area contributed by atoms with E-state index in [1.54, 1.807) is 0 Å². The van der Waals surface area contributed by atoms with Gasteiger partial charge < -0.3 is 9.64 Å². The molecule has 0 bridgehead atoms. The summed E-state index contributed by atoms with van der Waals surface area (Å²) in [5, 5.41) is 7.64. The molecule has 2 aromatic carbocycles. The molecule has 3 heterocycles. The zero-order valence-corrected chi connectivity index (χ0v) is 28.1. The topological polar surface area (TPSA) is 100 Å². The maximum absolute atomic E-state index is 13.2. The highest BCUT2D eigenvalue weighted by molar-refractivity contribution is 14.1. The number of carbonyl (C=O) groups excluding carboxylic acids is 1. The van der Waals surface area contributed by atoms with Gasteiger partial charge in [0.1, 0.15) is 0 Å². The third-order valence-electron chi connectivity index (χ3n) is 8.27. The molecule has 1 N–H and O–H groups in total. The predicted octanol–water partition coefficient (Wildman–Crippen LogP) is 5.21. The van der Waals surface area contributed by atoms with E-state index in [-0.39, 0.29) is 6.54 Å². The van der Waals surface area contributed by atoms with E-state index < -0.39 is 27.9 Å². The van der Waals surface area contributed by atoms with Gasteiger partial charge in [0, 0.05) is 80.0 Å². The Bertz CT molecular complexity index is 1620. The molecular weight excluding hydrogens is 724 g/mol. The number of nitrogens with one attached hydrogen (secondary N) is 1. The fraction of sp³-hybridized carbons (Fsp3) is 0.467. The van der Waals surface area contributed by atoms with E-state index >= 15 is 0 Å². The first-order chi connectivity index (χ1) is 21.4. The fourth-order valence-electron chi connectivity index (χ4n) is 5.96. The van der Waals surface area contributed by atoms with Gasteiger partial charge in [0.2, 0.25) is 10.0 Å². The second-order valence-corrected chi connectivity index (χ2v) is 13.9. The van der Waals surface area contributed by atoms with E-state index in [0.717, 1.165) is 90.2 Å². The van der Waals surface area contributed by atoms with Gasteiger partial charge in [-0.05, 0) is 30.2 Å². The van der Waals surface area contributed by atoms with E-state index in [0.29, 0.717) is 30.8 Å². The third kappa shape index (κ3) is 7.74. The van der Waals surface area contributed by atoms with Crippen LogP contribution in [0.15, 0.2) is 42.5 Å². The van der Waals surface area contributed by atoms with Crippen LogP contribution in [-0.4, -0.2) is 86.1 Å². The summed E-state index contributed by atoms with van der Waals surface area (Å²) >= 11 is 2.33. The average molecular weight is 761 g/mol. The van der Waals surface area contributed by atoms with E-state index in [1.807, 2.05) is 16.8 Å². The standard InChI is InChI=1S/C30H36F3IN6O4S/c1-44-29(41)35-25-6-3-5-22(19-34)28(25)38-17-15-37(16-18-38)12-4-13-40-26-11-14-39(45(2,42)43)20-24(26)27(36-40)21-7-9-23(10-8-21)30(31,32)33/h3,5-10H,4,11-20H2,1-2H3,(H,35,41). The first-order valence-corrected chi connectivity index (χ1v) is 18.0. The molecule has 0 atom stereocenters. The number of alkyl halides is 4. The molecule has 0 spiro atoms. The van der Waals surface area contributed by atoms with Crippen molar-refractivity contribution in [2.75, 3.05) is 62.9 Å². The maximum Gasteiger partial charge on any atom is 0.416 e. The Morgan fingerprint density at radius 3 is 2.38 bits per heavy atom. The van der Waals surface area contributed by atoms with Crippen molar-refractivity contribution in [1.82, 2.24) is 19.0 Å². The highest BCUT2D eigenvalue weighted by atomic mass is 127. The summed E-state index contributed by atoms with van der Waals surface area (Å²) in [5.74, 6) is 0. The number of benzene rings is 2. The average Bonchev–Trinajstić information content (AvgIpc) is 3.38. The molecule has 45 heavy (non-hydrogen) atoms. The minimum Gasteiger partial charge on any atom is -0.453 e. The number of ether oxygens (including phenoxy) is 1. The van der Waals surface area contributed by atoms with E-state index in [9.17, 15) is 26.4 Å². The Morgan fingerprint density at radius 2 is 1.76 bits per heavy atom. The highest BCUT2D eigenvalue weighted by Crippen LogP contribution is 2.35. The number of aromatic nitrogens is 2. The van der Waals surface area contributed by atoms with Crippen LogP contribution in [-0.2, 0) is 44.9 Å². The molecular formula is C30H36F3IN6O4S. The van der Waals surface area contributed by atoms with Crippen LogP contribution in [0, 0.1) is 0 Å². The molecule has 1 saturated heterocycles. The Kier molecular flexibility index (Phi) is 10.3. The van der Waals surface area contributed by atoms with Gasteiger partial charge in [0.15, 0.2) is 0 Å². The maximum atomic E-state index is 13.2. The summed E-state index contributed by atoms with van der Waals surface area (Å²) in [6.45, 7) is 5.16. The second-order valence-electron chi connectivity index (χ2n) is 11.2. The van der Waals surface area contributed by atoms with Gasteiger partial charge in [0.05, 0.1) is 36.0 Å². The molecule has 3 aromatic rings. The number of hydrogen-bond acceptors (Lipinski definition) is 7. The van der Waals surface area contributed by atoms with Gasteiger partial charge in [-0.3, -0.25) is 14.9 Å². The number of halogens is 4. The van der Waals surface area contributed by atoms with Crippen molar-refractivity contribution >= 4 is 50.1 Å². The van der Waals surface area contributed by atoms with Crippen LogP contribution in [0.1, 0.15) is 28.8 Å². The molecule has 0 saturated carbocycles. The molecule has 0 radical (unpaired) electrons. The summed E-state index contributed by atoms with van der Waals surface area (Å²) in [6.07, 6.45) is -2.51. The van der Waals surface area contributed by atoms with Gasteiger partial charge >= 0.3 is 12.3 Å². The Balaban J connectivity index is 1.26. The normalized spacial score (nSPS) is 16.4. The summed E-state index contributed by atoms with van der Waals surface area (Å²) in [6, 6.07) is 10.7. The first kappa shape index (κ1) is 33.5. The molecule has 1 fully saturated rings. The Hall–Kier alpha value is -2.89. The lowest BCUT2D eigenvalue weighted by molar-refractivity contribution is -0.137. The Labute approximate surface area is 274 Å². The van der Waals surface area contributed by atoms with Crippen molar-refractivity contribution in [3.8, 4) is 11.3 Å². The van der Waals surface area contributed by atoms with Crippen LogP contribution in [0.3, 0.4) is 0 Å². The minimum atomic E-state index is -4.45. The van der Waals surface area contributed by atoms with Crippen LogP contribution in [0.4, 0.5) is 29.3 Å². The first-order valence-electron chi connectivity index (χ1n) is 14.6. The van der Waals surface area contributed by atoms with Crippen LogP contribution < -0.4 is 10.2 Å². The molecule has 2 aliphatic rings. The van der Waals surface area contributed by atoms with Crippen molar-refractivity contribution < 1.29 is 31.1 Å². The van der Waals surface area contributed by atoms with Crippen LogP contribution in [0.5, 0.6) is 0 Å². The molecule has 1 aromatic heterocycles. The lowest BCUT2D eigenvalue weighted by Crippen LogP contribution is -2.47. The Morgan fingerprint density at radius 1 is 1.04 bits per heavy atom. The summed E-state index contributed by atoms with van der Waals surface area (Å²) in [7, 11) is -2.10. The van der Waals surface area contributed by atoms with Crippen molar-refractivity contribution in [3.05, 3.63) is 64.8 Å². The van der Waals surface area contributed by atoms with Gasteiger partial charge in [-0.25, -0.2) is 13.2 Å². The summed E-state index contributed by atoms with van der Waals surface area (Å²) in [4.78, 5) is 16.6. The molecule has 0 aliphatic carbocycles. The van der Waals surface area contributed by atoms with Gasteiger partial charge in [0.25, 0.3) is 0 Å². The van der Waals surface area contributed by atoms with E-state index in [1.165, 1.54) is 23.5 Å². The molecule has 15 heteroatoms. The van der Waals surface area contributed by atoms with E-state index in [4.69, 9.17) is 9.84 Å². The van der Waals surface area contributed by atoms with Crippen LogP contribution in [0.2, 0.25) is 0 Å². The van der Waals surface area contributed by atoms with E-state index in [2.05, 4.69) is 43.8 Å². The number of carbonyl (C=O) groups is 1. The van der Waals surface area contributed by atoms with Crippen molar-refractivity contribution in [3.63, 3.8) is 0 Å². The lowest BCUT2D eigenvalue weighted by Gasteiger charge is -2.37. The third-order valence-corrected chi connectivity index (χ3v) is 10.3. The summed E-state index contributed by atoms with van der Waals surface area (Å²) in [5.41, 5.74) is 4.85. The van der Waals surface area contributed by atoms with Crippen LogP contribution in [0.25, 0.3) is 11.3 Å². The zero-order valence-electron chi connectivity index (χ0n) is 25.1. The quantitative estimate of drug-likeness (QED) is 0.236. The predicted molar refractivity (Wildman–Crippen MR) is 175 cm³/mol. The van der Waals surface area contributed by atoms with Crippen molar-refractivity contribution in [1.29, 1.82) is 0 Å². The zero-order chi connectivity index (χ0) is 32.4. The van der Waals surface area contributed by atoms with Gasteiger partial charge in [-0.2, -0.15) is 22.6 Å². The molecule has 244 valence electrons. The minimum absolute atomic E-state index is 0.137. The number of aryl methyl sites for hydroxylation is 1. The van der Waals surface area contributed by atoms with Gasteiger partial charge in [-0.1, -0.05) is 46.9 Å². The SMILES string of the molecule is COC(=O)Nc1cccc(CI)c1N1CCN(CCCn2nc(-c3ccc(C(F)(F)F)cc3)c3c2CCN(S(C)(=O)=O)C3)CC1. The largest absolute Gasteiger partial charge is 0.453 e. The number of amides is 1. The molecule has 2 aliphatic heterocycles. The number of hydrogen-bond donors (Lipinski definition) is 1. The second kappa shape index (κ2) is 13.8. The number of para-hydroxylation sites is 1. The number of sulfonamides is 1. The number of anilines is 2. The molecule has 1 amide bonds. The highest BCUT2D eigenvalue weighted by Gasteiger charge is 2.32. The monoisotopic (exact) mass is 760 g/mol. The fourth-order valence-corrected chi connectivity index (χ4v) is 7.36. The number of fused-ring (bicyclic) bond motifs is 1. The van der Waals surface area contributed by atoms with Gasteiger partial charge in [-0.15, -0.1) is 0 Å². The number of methoxy groups -OCH3 is 1. The number of piperazine rings is 1.